The number of aromatic nitrogens is 4. The molecule has 158 valence electrons. The van der Waals surface area contributed by atoms with Crippen LogP contribution in [0.2, 0.25) is 5.02 Å². The van der Waals surface area contributed by atoms with Gasteiger partial charge < -0.3 is 10.6 Å². The van der Waals surface area contributed by atoms with Gasteiger partial charge in [0.05, 0.1) is 17.5 Å². The number of benzene rings is 2. The van der Waals surface area contributed by atoms with Gasteiger partial charge in [-0.3, -0.25) is 9.78 Å². The van der Waals surface area contributed by atoms with E-state index in [2.05, 4.69) is 20.6 Å². The Morgan fingerprint density at radius 1 is 1.06 bits per heavy atom. The lowest BCUT2D eigenvalue weighted by molar-refractivity contribution is -0.113. The minimum absolute atomic E-state index is 0.245. The second kappa shape index (κ2) is 8.28. The Bertz CT molecular complexity index is 1300. The fourth-order valence-corrected chi connectivity index (χ4v) is 3.87. The number of rotatable bonds is 4. The van der Waals surface area contributed by atoms with Gasteiger partial charge in [0.1, 0.15) is 6.04 Å². The van der Waals surface area contributed by atoms with Crippen molar-refractivity contribution in [3.63, 3.8) is 0 Å². The molecule has 8 heteroatoms. The lowest BCUT2D eigenvalue weighted by Gasteiger charge is -2.28. The predicted octanol–water partition coefficient (Wildman–Crippen LogP) is 4.92. The molecule has 0 saturated heterocycles. The molecule has 1 aliphatic rings. The highest BCUT2D eigenvalue weighted by atomic mass is 35.5. The summed E-state index contributed by atoms with van der Waals surface area (Å²) in [6.45, 7) is 1.86. The topological polar surface area (TPSA) is 84.7 Å². The molecular formula is C24H19ClN6O. The summed E-state index contributed by atoms with van der Waals surface area (Å²) >= 11 is 6.12. The van der Waals surface area contributed by atoms with Crippen molar-refractivity contribution in [2.75, 3.05) is 10.6 Å². The number of hydrogen-bond donors (Lipinski definition) is 2. The van der Waals surface area contributed by atoms with E-state index in [1.54, 1.807) is 41.3 Å². The number of carbonyl (C=O) groups excluding carboxylic acids is 1. The molecule has 4 aromatic rings. The second-order valence-electron chi connectivity index (χ2n) is 7.38. The van der Waals surface area contributed by atoms with E-state index in [1.807, 2.05) is 49.4 Å². The molecule has 2 aromatic heterocycles. The quantitative estimate of drug-likeness (QED) is 0.468. The normalized spacial score (nSPS) is 15.1. The first-order chi connectivity index (χ1) is 15.6. The highest BCUT2D eigenvalue weighted by molar-refractivity contribution is 6.30. The Labute approximate surface area is 189 Å². The fourth-order valence-electron chi connectivity index (χ4n) is 3.74. The Morgan fingerprint density at radius 3 is 2.56 bits per heavy atom. The predicted molar refractivity (Wildman–Crippen MR) is 124 cm³/mol. The molecule has 0 spiro atoms. The van der Waals surface area contributed by atoms with Gasteiger partial charge in [-0.2, -0.15) is 4.98 Å². The van der Waals surface area contributed by atoms with Gasteiger partial charge in [-0.15, -0.1) is 5.10 Å². The minimum Gasteiger partial charge on any atom is -0.328 e. The van der Waals surface area contributed by atoms with E-state index in [1.165, 1.54) is 0 Å². The molecular weight excluding hydrogens is 424 g/mol. The van der Waals surface area contributed by atoms with Crippen molar-refractivity contribution < 1.29 is 4.79 Å². The second-order valence-corrected chi connectivity index (χ2v) is 7.82. The van der Waals surface area contributed by atoms with Crippen LogP contribution >= 0.6 is 11.6 Å². The number of halogens is 1. The van der Waals surface area contributed by atoms with E-state index in [9.17, 15) is 4.79 Å². The number of allylic oxidation sites excluding steroid dienone is 1. The van der Waals surface area contributed by atoms with Crippen molar-refractivity contribution in [2.45, 2.75) is 13.0 Å². The van der Waals surface area contributed by atoms with E-state index >= 15 is 0 Å². The molecule has 3 heterocycles. The largest absolute Gasteiger partial charge is 0.328 e. The number of anilines is 2. The van der Waals surface area contributed by atoms with E-state index in [0.29, 0.717) is 33.8 Å². The summed E-state index contributed by atoms with van der Waals surface area (Å²) in [6, 6.07) is 20.2. The monoisotopic (exact) mass is 442 g/mol. The SMILES string of the molecule is CC1=C(C(=O)Nc2cccnc2)[C@H](c2ccc(Cl)cc2)n2nc(-c3ccccc3)nc2N1. The average Bonchev–Trinajstić information content (AvgIpc) is 3.23. The maximum absolute atomic E-state index is 13.4. The first kappa shape index (κ1) is 20.0. The summed E-state index contributed by atoms with van der Waals surface area (Å²) in [5.74, 6) is 0.901. The van der Waals surface area contributed by atoms with Crippen LogP contribution in [0.1, 0.15) is 18.5 Å². The molecule has 0 fully saturated rings. The van der Waals surface area contributed by atoms with E-state index in [0.717, 1.165) is 11.1 Å². The van der Waals surface area contributed by atoms with Crippen LogP contribution in [-0.4, -0.2) is 25.7 Å². The summed E-state index contributed by atoms with van der Waals surface area (Å²) in [7, 11) is 0. The van der Waals surface area contributed by atoms with Crippen LogP contribution in [0.15, 0.2) is 90.4 Å². The molecule has 1 atom stereocenters. The molecule has 2 N–H and O–H groups in total. The van der Waals surface area contributed by atoms with Gasteiger partial charge >= 0.3 is 0 Å². The molecule has 7 nitrogen and oxygen atoms in total. The minimum atomic E-state index is -0.481. The number of hydrogen-bond acceptors (Lipinski definition) is 5. The van der Waals surface area contributed by atoms with Crippen molar-refractivity contribution >= 4 is 29.1 Å². The van der Waals surface area contributed by atoms with E-state index in [4.69, 9.17) is 16.7 Å². The first-order valence-electron chi connectivity index (χ1n) is 10.1. The van der Waals surface area contributed by atoms with Gasteiger partial charge in [0.15, 0.2) is 5.82 Å². The summed E-state index contributed by atoms with van der Waals surface area (Å²) < 4.78 is 1.75. The van der Waals surface area contributed by atoms with Gasteiger partial charge in [-0.25, -0.2) is 4.68 Å². The number of pyridine rings is 1. The molecule has 5 rings (SSSR count). The van der Waals surface area contributed by atoms with Gasteiger partial charge in [0.25, 0.3) is 5.91 Å². The third kappa shape index (κ3) is 3.74. The van der Waals surface area contributed by atoms with Gasteiger partial charge in [-0.1, -0.05) is 54.1 Å². The first-order valence-corrected chi connectivity index (χ1v) is 10.4. The van der Waals surface area contributed by atoms with Crippen molar-refractivity contribution in [3.05, 3.63) is 101 Å². The van der Waals surface area contributed by atoms with Crippen LogP contribution < -0.4 is 10.6 Å². The fraction of sp³-hybridized carbons (Fsp3) is 0.0833. The van der Waals surface area contributed by atoms with Crippen molar-refractivity contribution in [2.24, 2.45) is 0 Å². The lowest BCUT2D eigenvalue weighted by atomic mass is 9.95. The molecule has 0 aliphatic carbocycles. The van der Waals surface area contributed by atoms with Gasteiger partial charge in [0.2, 0.25) is 5.95 Å². The zero-order valence-corrected chi connectivity index (χ0v) is 17.9. The van der Waals surface area contributed by atoms with Crippen LogP contribution in [0.5, 0.6) is 0 Å². The summed E-state index contributed by atoms with van der Waals surface area (Å²) in [4.78, 5) is 22.1. The number of amides is 1. The van der Waals surface area contributed by atoms with E-state index in [-0.39, 0.29) is 5.91 Å². The maximum atomic E-state index is 13.4. The zero-order valence-electron chi connectivity index (χ0n) is 17.2. The van der Waals surface area contributed by atoms with Crippen LogP contribution in [0, 0.1) is 0 Å². The zero-order chi connectivity index (χ0) is 22.1. The molecule has 1 amide bonds. The highest BCUT2D eigenvalue weighted by Gasteiger charge is 2.34. The van der Waals surface area contributed by atoms with E-state index < -0.39 is 6.04 Å². The van der Waals surface area contributed by atoms with Crippen LogP contribution in [0.3, 0.4) is 0 Å². The molecule has 0 bridgehead atoms. The molecule has 0 radical (unpaired) electrons. The Hall–Kier alpha value is -3.97. The summed E-state index contributed by atoms with van der Waals surface area (Å²) in [6.07, 6.45) is 3.27. The molecule has 0 unspecified atom stereocenters. The number of nitrogens with zero attached hydrogens (tertiary/aromatic N) is 4. The number of fused-ring (bicyclic) bond motifs is 1. The maximum Gasteiger partial charge on any atom is 0.255 e. The standard InChI is InChI=1S/C24H19ClN6O/c1-15-20(23(32)28-19-8-5-13-26-14-19)21(16-9-11-18(25)12-10-16)31-24(27-15)29-22(30-31)17-6-3-2-4-7-17/h2-14,21H,1H3,(H,28,32)(H,27,29,30)/t21-/m0/s1. The third-order valence-corrected chi connectivity index (χ3v) is 5.49. The van der Waals surface area contributed by atoms with Crippen LogP contribution in [-0.2, 0) is 4.79 Å². The van der Waals surface area contributed by atoms with Crippen molar-refractivity contribution in [1.29, 1.82) is 0 Å². The molecule has 1 aliphatic heterocycles. The Balaban J connectivity index is 1.60. The van der Waals surface area contributed by atoms with Crippen LogP contribution in [0.4, 0.5) is 11.6 Å². The number of nitrogens with one attached hydrogen (secondary N) is 2. The summed E-state index contributed by atoms with van der Waals surface area (Å²) in [5.41, 5.74) is 3.61. The molecule has 32 heavy (non-hydrogen) atoms. The third-order valence-electron chi connectivity index (χ3n) is 5.23. The Morgan fingerprint density at radius 2 is 1.84 bits per heavy atom. The molecule has 2 aromatic carbocycles. The van der Waals surface area contributed by atoms with Gasteiger partial charge in [0, 0.05) is 22.5 Å². The number of carbonyl (C=O) groups is 1. The molecule has 0 saturated carbocycles. The average molecular weight is 443 g/mol. The van der Waals surface area contributed by atoms with Crippen molar-refractivity contribution in [3.8, 4) is 11.4 Å². The smallest absolute Gasteiger partial charge is 0.255 e. The lowest BCUT2D eigenvalue weighted by Crippen LogP contribution is -2.31. The van der Waals surface area contributed by atoms with Crippen molar-refractivity contribution in [1.82, 2.24) is 19.7 Å². The van der Waals surface area contributed by atoms with Crippen LogP contribution in [0.25, 0.3) is 11.4 Å². The highest BCUT2D eigenvalue weighted by Crippen LogP contribution is 2.37. The summed E-state index contributed by atoms with van der Waals surface area (Å²) in [5, 5.41) is 11.6. The Kier molecular flexibility index (Phi) is 5.17. The van der Waals surface area contributed by atoms with Gasteiger partial charge in [-0.05, 0) is 36.8 Å².